The molecule has 0 aliphatic carbocycles. The number of aliphatic hydroxyl groups is 1. The molecular weight excluding hydrogens is 168 g/mol. The molecule has 0 fully saturated rings. The number of hydrogen-bond acceptors (Lipinski definition) is 4. The van der Waals surface area contributed by atoms with Crippen molar-refractivity contribution in [1.29, 1.82) is 0 Å². The Morgan fingerprint density at radius 1 is 1.55 bits per heavy atom. The van der Waals surface area contributed by atoms with Gasteiger partial charge < -0.3 is 9.84 Å². The highest BCUT2D eigenvalue weighted by molar-refractivity contribution is 7.91. The van der Waals surface area contributed by atoms with Crippen LogP contribution < -0.4 is 0 Å². The molecular formula is C6H14O4S. The molecule has 0 saturated heterocycles. The summed E-state index contributed by atoms with van der Waals surface area (Å²) in [5.41, 5.74) is 0. The fourth-order valence-corrected chi connectivity index (χ4v) is 1.24. The standard InChI is InChI=1S/C6H14O4S/c1-5(11(3,8)9)6(7)4-10-2/h5-7H,4H2,1-3H3. The van der Waals surface area contributed by atoms with Crippen molar-refractivity contribution in [1.82, 2.24) is 0 Å². The highest BCUT2D eigenvalue weighted by Crippen LogP contribution is 2.03. The molecule has 2 atom stereocenters. The smallest absolute Gasteiger partial charge is 0.152 e. The van der Waals surface area contributed by atoms with Gasteiger partial charge in [0, 0.05) is 13.4 Å². The van der Waals surface area contributed by atoms with Crippen molar-refractivity contribution in [2.45, 2.75) is 18.3 Å². The van der Waals surface area contributed by atoms with E-state index in [2.05, 4.69) is 4.74 Å². The van der Waals surface area contributed by atoms with Crippen LogP contribution in [-0.2, 0) is 14.6 Å². The lowest BCUT2D eigenvalue weighted by Crippen LogP contribution is -2.33. The molecule has 1 N–H and O–H groups in total. The number of rotatable bonds is 4. The van der Waals surface area contributed by atoms with Crippen LogP contribution in [0, 0.1) is 0 Å². The number of methoxy groups -OCH3 is 1. The molecule has 0 heterocycles. The maximum Gasteiger partial charge on any atom is 0.152 e. The first-order valence-corrected chi connectivity index (χ1v) is 5.21. The van der Waals surface area contributed by atoms with Crippen LogP contribution in [-0.4, -0.2) is 44.9 Å². The van der Waals surface area contributed by atoms with Gasteiger partial charge in [0.1, 0.15) is 0 Å². The van der Waals surface area contributed by atoms with Gasteiger partial charge in [0.25, 0.3) is 0 Å². The van der Waals surface area contributed by atoms with E-state index in [0.717, 1.165) is 6.26 Å². The van der Waals surface area contributed by atoms with Gasteiger partial charge in [-0.1, -0.05) is 0 Å². The van der Waals surface area contributed by atoms with Crippen LogP contribution in [0.3, 0.4) is 0 Å². The number of hydrogen-bond donors (Lipinski definition) is 1. The Morgan fingerprint density at radius 3 is 2.27 bits per heavy atom. The minimum absolute atomic E-state index is 0.0498. The van der Waals surface area contributed by atoms with E-state index >= 15 is 0 Å². The number of aliphatic hydroxyl groups excluding tert-OH is 1. The van der Waals surface area contributed by atoms with Crippen LogP contribution >= 0.6 is 0 Å². The van der Waals surface area contributed by atoms with Crippen LogP contribution in [0.2, 0.25) is 0 Å². The summed E-state index contributed by atoms with van der Waals surface area (Å²) < 4.78 is 26.3. The normalized spacial score (nSPS) is 17.8. The molecule has 0 aromatic heterocycles. The van der Waals surface area contributed by atoms with Crippen molar-refractivity contribution in [3.8, 4) is 0 Å². The quantitative estimate of drug-likeness (QED) is 0.632. The van der Waals surface area contributed by atoms with Crippen molar-refractivity contribution in [2.24, 2.45) is 0 Å². The third kappa shape index (κ3) is 3.69. The first-order valence-electron chi connectivity index (χ1n) is 3.25. The second-order valence-electron chi connectivity index (χ2n) is 2.56. The second kappa shape index (κ2) is 4.04. The third-order valence-electron chi connectivity index (χ3n) is 1.55. The maximum atomic E-state index is 10.8. The van der Waals surface area contributed by atoms with Gasteiger partial charge in [-0.15, -0.1) is 0 Å². The van der Waals surface area contributed by atoms with Gasteiger partial charge >= 0.3 is 0 Å². The zero-order chi connectivity index (χ0) is 9.07. The second-order valence-corrected chi connectivity index (χ2v) is 4.96. The molecule has 0 aromatic rings. The van der Waals surface area contributed by atoms with E-state index in [0.29, 0.717) is 0 Å². The van der Waals surface area contributed by atoms with Gasteiger partial charge in [-0.3, -0.25) is 0 Å². The minimum Gasteiger partial charge on any atom is -0.389 e. The van der Waals surface area contributed by atoms with Crippen LogP contribution in [0.1, 0.15) is 6.92 Å². The van der Waals surface area contributed by atoms with E-state index in [4.69, 9.17) is 5.11 Å². The molecule has 5 heteroatoms. The van der Waals surface area contributed by atoms with E-state index in [9.17, 15) is 8.42 Å². The monoisotopic (exact) mass is 182 g/mol. The molecule has 0 amide bonds. The molecule has 0 spiro atoms. The number of sulfone groups is 1. The number of ether oxygens (including phenoxy) is 1. The van der Waals surface area contributed by atoms with E-state index in [1.807, 2.05) is 0 Å². The first-order chi connectivity index (χ1) is 4.89. The lowest BCUT2D eigenvalue weighted by molar-refractivity contribution is 0.0644. The summed E-state index contributed by atoms with van der Waals surface area (Å²) in [7, 11) is -1.74. The molecule has 4 nitrogen and oxygen atoms in total. The topological polar surface area (TPSA) is 63.6 Å². The summed E-state index contributed by atoms with van der Waals surface area (Å²) in [6.45, 7) is 1.51. The van der Waals surface area contributed by atoms with Crippen LogP contribution in [0.5, 0.6) is 0 Å². The Morgan fingerprint density at radius 2 is 2.00 bits per heavy atom. The fourth-order valence-electron chi connectivity index (χ4n) is 0.592. The largest absolute Gasteiger partial charge is 0.389 e. The molecule has 0 aromatic carbocycles. The lowest BCUT2D eigenvalue weighted by atomic mass is 10.3. The van der Waals surface area contributed by atoms with Gasteiger partial charge in [0.2, 0.25) is 0 Å². The Labute approximate surface area is 67.1 Å². The van der Waals surface area contributed by atoms with Crippen molar-refractivity contribution in [2.75, 3.05) is 20.0 Å². The van der Waals surface area contributed by atoms with E-state index < -0.39 is 21.2 Å². The Balaban J connectivity index is 4.14. The highest BCUT2D eigenvalue weighted by atomic mass is 32.2. The van der Waals surface area contributed by atoms with Gasteiger partial charge in [-0.2, -0.15) is 0 Å². The molecule has 0 radical (unpaired) electrons. The van der Waals surface area contributed by atoms with Gasteiger partial charge in [-0.25, -0.2) is 8.42 Å². The molecule has 0 aliphatic rings. The zero-order valence-corrected chi connectivity index (χ0v) is 7.76. The molecule has 0 saturated carbocycles. The molecule has 0 aliphatic heterocycles. The summed E-state index contributed by atoms with van der Waals surface area (Å²) in [4.78, 5) is 0. The first kappa shape index (κ1) is 10.9. The van der Waals surface area contributed by atoms with Crippen LogP contribution in [0.25, 0.3) is 0 Å². The van der Waals surface area contributed by atoms with Crippen molar-refractivity contribution in [3.05, 3.63) is 0 Å². The average molecular weight is 182 g/mol. The van der Waals surface area contributed by atoms with E-state index in [-0.39, 0.29) is 6.61 Å². The molecule has 11 heavy (non-hydrogen) atoms. The lowest BCUT2D eigenvalue weighted by Gasteiger charge is -2.15. The van der Waals surface area contributed by atoms with Crippen LogP contribution in [0.15, 0.2) is 0 Å². The summed E-state index contributed by atoms with van der Waals surface area (Å²) in [5, 5.41) is 8.39. The van der Waals surface area contributed by atoms with Crippen molar-refractivity contribution >= 4 is 9.84 Å². The van der Waals surface area contributed by atoms with Gasteiger partial charge in [0.05, 0.1) is 18.0 Å². The van der Waals surface area contributed by atoms with Gasteiger partial charge in [0.15, 0.2) is 9.84 Å². The zero-order valence-electron chi connectivity index (χ0n) is 6.94. The highest BCUT2D eigenvalue weighted by Gasteiger charge is 2.23. The molecule has 0 rings (SSSR count). The summed E-state index contributed by atoms with van der Waals surface area (Å²) >= 11 is 0. The van der Waals surface area contributed by atoms with Gasteiger partial charge in [-0.05, 0) is 6.92 Å². The minimum atomic E-state index is -3.15. The third-order valence-corrected chi connectivity index (χ3v) is 3.22. The fraction of sp³-hybridized carbons (Fsp3) is 1.00. The van der Waals surface area contributed by atoms with Crippen molar-refractivity contribution < 1.29 is 18.3 Å². The Kier molecular flexibility index (Phi) is 3.99. The van der Waals surface area contributed by atoms with Crippen molar-refractivity contribution in [3.63, 3.8) is 0 Å². The summed E-state index contributed by atoms with van der Waals surface area (Å²) in [6, 6.07) is 0. The van der Waals surface area contributed by atoms with E-state index in [1.165, 1.54) is 14.0 Å². The van der Waals surface area contributed by atoms with Crippen LogP contribution in [0.4, 0.5) is 0 Å². The predicted octanol–water partition coefficient (Wildman–Crippen LogP) is -0.573. The predicted molar refractivity (Wildman–Crippen MR) is 42.2 cm³/mol. The Hall–Kier alpha value is -0.130. The Bertz CT molecular complexity index is 197. The molecule has 2 unspecified atom stereocenters. The maximum absolute atomic E-state index is 10.8. The average Bonchev–Trinajstić information content (AvgIpc) is 1.85. The van der Waals surface area contributed by atoms with E-state index in [1.54, 1.807) is 0 Å². The molecule has 68 valence electrons. The molecule has 0 bridgehead atoms. The summed E-state index contributed by atoms with van der Waals surface area (Å²) in [5.74, 6) is 0. The SMILES string of the molecule is COCC(O)C(C)S(C)(=O)=O. The summed E-state index contributed by atoms with van der Waals surface area (Å²) in [6.07, 6.45) is 0.159.